The van der Waals surface area contributed by atoms with Gasteiger partial charge in [0.05, 0.1) is 6.61 Å². The molecular formula is C25H30N6O3. The Labute approximate surface area is 198 Å². The minimum absolute atomic E-state index is 0.0966. The number of rotatable bonds is 7. The third-order valence-electron chi connectivity index (χ3n) is 6.82. The lowest BCUT2D eigenvalue weighted by Gasteiger charge is -2.37. The van der Waals surface area contributed by atoms with Gasteiger partial charge >= 0.3 is 5.97 Å². The first-order chi connectivity index (χ1) is 16.6. The molecule has 1 saturated carbocycles. The van der Waals surface area contributed by atoms with Gasteiger partial charge in [-0.1, -0.05) is 30.3 Å². The van der Waals surface area contributed by atoms with Crippen molar-refractivity contribution in [1.29, 1.82) is 0 Å². The zero-order valence-corrected chi connectivity index (χ0v) is 19.7. The summed E-state index contributed by atoms with van der Waals surface area (Å²) >= 11 is 0. The van der Waals surface area contributed by atoms with Crippen LogP contribution in [0.15, 0.2) is 36.7 Å². The Bertz CT molecular complexity index is 1190. The molecule has 1 aliphatic heterocycles. The van der Waals surface area contributed by atoms with Crippen molar-refractivity contribution in [3.05, 3.63) is 53.5 Å². The average Bonchev–Trinajstić information content (AvgIpc) is 3.53. The summed E-state index contributed by atoms with van der Waals surface area (Å²) in [5, 5.41) is 4.40. The molecular weight excluding hydrogens is 432 g/mol. The lowest BCUT2D eigenvalue weighted by molar-refractivity contribution is -0.143. The number of hydrogen-bond donors (Lipinski definition) is 0. The monoisotopic (exact) mass is 462 g/mol. The number of aryl methyl sites for hydroxylation is 1. The van der Waals surface area contributed by atoms with Crippen LogP contribution in [-0.4, -0.2) is 69.1 Å². The summed E-state index contributed by atoms with van der Waals surface area (Å²) in [6.07, 6.45) is 3.23. The topological polar surface area (TPSA) is 92.9 Å². The van der Waals surface area contributed by atoms with Gasteiger partial charge in [0, 0.05) is 49.8 Å². The third kappa shape index (κ3) is 4.34. The number of fused-ring (bicyclic) bond motifs is 1. The molecule has 9 nitrogen and oxygen atoms in total. The highest BCUT2D eigenvalue weighted by Crippen LogP contribution is 2.48. The van der Waals surface area contributed by atoms with E-state index in [-0.39, 0.29) is 24.2 Å². The Morgan fingerprint density at radius 3 is 2.62 bits per heavy atom. The van der Waals surface area contributed by atoms with E-state index in [0.717, 1.165) is 23.5 Å². The predicted molar refractivity (Wildman–Crippen MR) is 127 cm³/mol. The maximum absolute atomic E-state index is 13.1. The van der Waals surface area contributed by atoms with Crippen molar-refractivity contribution in [3.8, 4) is 0 Å². The fourth-order valence-corrected chi connectivity index (χ4v) is 4.96. The summed E-state index contributed by atoms with van der Waals surface area (Å²) in [6.45, 7) is 6.82. The number of amides is 1. The van der Waals surface area contributed by atoms with Crippen molar-refractivity contribution in [3.63, 3.8) is 0 Å². The molecule has 2 aliphatic rings. The molecule has 1 amide bonds. The Hall–Kier alpha value is -3.49. The number of carbonyl (C=O) groups is 2. The van der Waals surface area contributed by atoms with Crippen LogP contribution in [0.3, 0.4) is 0 Å². The number of carbonyl (C=O) groups excluding carboxylic acids is 2. The summed E-state index contributed by atoms with van der Waals surface area (Å²) in [4.78, 5) is 38.2. The van der Waals surface area contributed by atoms with Gasteiger partial charge in [0.15, 0.2) is 0 Å². The number of ether oxygens (including phenoxy) is 1. The second-order valence-electron chi connectivity index (χ2n) is 8.95. The summed E-state index contributed by atoms with van der Waals surface area (Å²) in [6, 6.07) is 10.3. The molecule has 1 saturated heterocycles. The van der Waals surface area contributed by atoms with Crippen LogP contribution in [0.2, 0.25) is 0 Å². The van der Waals surface area contributed by atoms with Crippen molar-refractivity contribution in [1.82, 2.24) is 24.5 Å². The van der Waals surface area contributed by atoms with E-state index in [1.165, 1.54) is 11.9 Å². The van der Waals surface area contributed by atoms with Crippen LogP contribution in [-0.2, 0) is 20.7 Å². The van der Waals surface area contributed by atoms with E-state index in [9.17, 15) is 9.59 Å². The fraction of sp³-hybridized carbons (Fsp3) is 0.480. The van der Waals surface area contributed by atoms with Crippen LogP contribution in [0.1, 0.15) is 42.5 Å². The van der Waals surface area contributed by atoms with E-state index in [2.05, 4.69) is 32.1 Å². The van der Waals surface area contributed by atoms with E-state index in [1.54, 1.807) is 4.52 Å². The highest BCUT2D eigenvalue weighted by atomic mass is 16.5. The van der Waals surface area contributed by atoms with Gasteiger partial charge in [-0.2, -0.15) is 14.6 Å². The number of benzene rings is 1. The molecule has 2 fully saturated rings. The van der Waals surface area contributed by atoms with Crippen LogP contribution in [0, 0.1) is 12.8 Å². The first-order valence-corrected chi connectivity index (χ1v) is 12.0. The van der Waals surface area contributed by atoms with Gasteiger partial charge in [0.1, 0.15) is 12.1 Å². The Balaban J connectivity index is 1.30. The molecule has 1 aromatic carbocycles. The molecule has 3 heterocycles. The molecule has 0 spiro atoms. The van der Waals surface area contributed by atoms with E-state index >= 15 is 0 Å². The normalized spacial score (nSPS) is 19.9. The van der Waals surface area contributed by atoms with Crippen molar-refractivity contribution in [2.45, 2.75) is 39.0 Å². The van der Waals surface area contributed by atoms with Crippen LogP contribution in [0.4, 0.5) is 5.82 Å². The first-order valence-electron chi connectivity index (χ1n) is 12.0. The van der Waals surface area contributed by atoms with Crippen LogP contribution in [0.25, 0.3) is 5.78 Å². The summed E-state index contributed by atoms with van der Waals surface area (Å²) < 4.78 is 6.87. The van der Waals surface area contributed by atoms with Crippen molar-refractivity contribution < 1.29 is 14.3 Å². The zero-order chi connectivity index (χ0) is 23.7. The van der Waals surface area contributed by atoms with Crippen molar-refractivity contribution in [2.75, 3.05) is 37.7 Å². The van der Waals surface area contributed by atoms with Gasteiger partial charge in [-0.25, -0.2) is 4.98 Å². The van der Waals surface area contributed by atoms with Crippen molar-refractivity contribution in [2.24, 2.45) is 5.92 Å². The van der Waals surface area contributed by atoms with Gasteiger partial charge in [-0.15, -0.1) is 0 Å². The van der Waals surface area contributed by atoms with Gasteiger partial charge in [0.2, 0.25) is 5.91 Å². The summed E-state index contributed by atoms with van der Waals surface area (Å²) in [7, 11) is 0. The van der Waals surface area contributed by atoms with Crippen LogP contribution < -0.4 is 4.90 Å². The smallest absolute Gasteiger partial charge is 0.306 e. The summed E-state index contributed by atoms with van der Waals surface area (Å²) in [5.74, 6) is 1.92. The molecule has 0 radical (unpaired) electrons. The molecule has 0 N–H and O–H groups in total. The molecule has 2 aromatic heterocycles. The van der Waals surface area contributed by atoms with Gasteiger partial charge in [-0.3, -0.25) is 9.59 Å². The Kier molecular flexibility index (Phi) is 6.17. The summed E-state index contributed by atoms with van der Waals surface area (Å²) in [5.41, 5.74) is 3.06. The Morgan fingerprint density at radius 1 is 1.12 bits per heavy atom. The molecule has 3 aromatic rings. The molecule has 1 aliphatic carbocycles. The standard InChI is InChI=1S/C25H30N6O3/c1-3-34-22(32)10-9-19-17(2)28-25-26-16-27-31(25)23(19)29-11-13-30(14-12-29)24(33)21-15-20(21)18-7-5-4-6-8-18/h4-8,16,20-21H,3,9-15H2,1-2H3/t20-,21?/m0/s1. The SMILES string of the molecule is CCOC(=O)CCc1c(C)nc2ncnn2c1N1CCN(C(=O)C2C[C@H]2c2ccccc2)CC1. The minimum atomic E-state index is -0.223. The number of nitrogens with zero attached hydrogens (tertiary/aromatic N) is 6. The lowest BCUT2D eigenvalue weighted by Crippen LogP contribution is -2.50. The van der Waals surface area contributed by atoms with Gasteiger partial charge in [0.25, 0.3) is 5.78 Å². The average molecular weight is 463 g/mol. The maximum atomic E-state index is 13.1. The minimum Gasteiger partial charge on any atom is -0.466 e. The predicted octanol–water partition coefficient (Wildman–Crippen LogP) is 2.38. The van der Waals surface area contributed by atoms with Crippen molar-refractivity contribution >= 4 is 23.5 Å². The lowest BCUT2D eigenvalue weighted by atomic mass is 10.1. The molecule has 5 rings (SSSR count). The van der Waals surface area contributed by atoms with Gasteiger partial charge in [-0.05, 0) is 38.2 Å². The number of hydrogen-bond acceptors (Lipinski definition) is 7. The van der Waals surface area contributed by atoms with E-state index in [1.807, 2.05) is 36.9 Å². The van der Waals surface area contributed by atoms with Crippen LogP contribution in [0.5, 0.6) is 0 Å². The first kappa shape index (κ1) is 22.3. The number of esters is 1. The molecule has 34 heavy (non-hydrogen) atoms. The second kappa shape index (κ2) is 9.40. The van der Waals surface area contributed by atoms with E-state index < -0.39 is 0 Å². The quantitative estimate of drug-likeness (QED) is 0.498. The van der Waals surface area contributed by atoms with E-state index in [4.69, 9.17) is 4.74 Å². The fourth-order valence-electron chi connectivity index (χ4n) is 4.96. The molecule has 2 atom stereocenters. The molecule has 1 unspecified atom stereocenters. The zero-order valence-electron chi connectivity index (χ0n) is 19.7. The number of piperazine rings is 1. The molecule has 0 bridgehead atoms. The van der Waals surface area contributed by atoms with Crippen LogP contribution >= 0.6 is 0 Å². The molecule has 178 valence electrons. The Morgan fingerprint density at radius 2 is 1.88 bits per heavy atom. The third-order valence-corrected chi connectivity index (χ3v) is 6.82. The second-order valence-corrected chi connectivity index (χ2v) is 8.95. The van der Waals surface area contributed by atoms with E-state index in [0.29, 0.717) is 50.9 Å². The highest BCUT2D eigenvalue weighted by Gasteiger charge is 2.46. The highest BCUT2D eigenvalue weighted by molar-refractivity contribution is 5.83. The number of anilines is 1. The van der Waals surface area contributed by atoms with Gasteiger partial charge < -0.3 is 14.5 Å². The number of aromatic nitrogens is 4. The molecule has 9 heteroatoms. The maximum Gasteiger partial charge on any atom is 0.306 e. The largest absolute Gasteiger partial charge is 0.466 e.